The van der Waals surface area contributed by atoms with Gasteiger partial charge in [0.15, 0.2) is 5.82 Å². The molecule has 1 fully saturated rings. The Hall–Kier alpha value is -2.08. The highest BCUT2D eigenvalue weighted by atomic mass is 32.2. The molecule has 1 aromatic heterocycles. The number of carbonyl (C=O) groups excluding carboxylic acids is 2. The van der Waals surface area contributed by atoms with Crippen LogP contribution in [0.4, 0.5) is 0 Å². The number of imidazole rings is 1. The summed E-state index contributed by atoms with van der Waals surface area (Å²) in [5.41, 5.74) is 1.02. The fraction of sp³-hybridized carbons (Fsp3) is 0.421. The van der Waals surface area contributed by atoms with Crippen LogP contribution in [-0.4, -0.2) is 45.5 Å². The predicted molar refractivity (Wildman–Crippen MR) is 98.8 cm³/mol. The highest BCUT2D eigenvalue weighted by molar-refractivity contribution is 7.98. The summed E-state index contributed by atoms with van der Waals surface area (Å²) in [6.45, 7) is 1.22. The van der Waals surface area contributed by atoms with Gasteiger partial charge in [-0.15, -0.1) is 11.8 Å². The van der Waals surface area contributed by atoms with Gasteiger partial charge in [0, 0.05) is 43.3 Å². The minimum Gasteiger partial charge on any atom is -0.342 e. The van der Waals surface area contributed by atoms with Crippen LogP contribution in [0.3, 0.4) is 0 Å². The first-order valence-corrected chi connectivity index (χ1v) is 9.73. The maximum atomic E-state index is 12.7. The molecule has 5 nitrogen and oxygen atoms in total. The summed E-state index contributed by atoms with van der Waals surface area (Å²) in [5.74, 6) is 0.452. The van der Waals surface area contributed by atoms with Gasteiger partial charge in [0.25, 0.3) is 0 Å². The lowest BCUT2D eigenvalue weighted by Gasteiger charge is -2.32. The van der Waals surface area contributed by atoms with E-state index in [9.17, 15) is 9.59 Å². The van der Waals surface area contributed by atoms with Crippen molar-refractivity contribution in [2.75, 3.05) is 19.3 Å². The molecule has 0 spiro atoms. The van der Waals surface area contributed by atoms with E-state index in [2.05, 4.69) is 11.1 Å². The molecule has 3 rings (SSSR count). The summed E-state index contributed by atoms with van der Waals surface area (Å²) in [5, 5.41) is 0. The van der Waals surface area contributed by atoms with Gasteiger partial charge in [-0.2, -0.15) is 0 Å². The monoisotopic (exact) mass is 357 g/mol. The average molecular weight is 357 g/mol. The van der Waals surface area contributed by atoms with Crippen molar-refractivity contribution in [3.63, 3.8) is 0 Å². The molecule has 0 N–H and O–H groups in total. The third-order valence-electron chi connectivity index (χ3n) is 4.68. The maximum absolute atomic E-state index is 12.7. The number of carbonyl (C=O) groups is 2. The van der Waals surface area contributed by atoms with E-state index < -0.39 is 0 Å². The summed E-state index contributed by atoms with van der Waals surface area (Å²) < 4.78 is 1.75. The van der Waals surface area contributed by atoms with Crippen molar-refractivity contribution >= 4 is 23.5 Å². The molecule has 1 aromatic carbocycles. The van der Waals surface area contributed by atoms with Crippen molar-refractivity contribution in [2.45, 2.75) is 24.2 Å². The van der Waals surface area contributed by atoms with E-state index in [4.69, 9.17) is 0 Å². The lowest BCUT2D eigenvalue weighted by atomic mass is 9.93. The Kier molecular flexibility index (Phi) is 5.58. The zero-order chi connectivity index (χ0) is 17.8. The molecule has 0 aliphatic carbocycles. The summed E-state index contributed by atoms with van der Waals surface area (Å²) in [4.78, 5) is 32.5. The van der Waals surface area contributed by atoms with Crippen LogP contribution in [0.2, 0.25) is 0 Å². The van der Waals surface area contributed by atoms with E-state index in [1.54, 1.807) is 28.7 Å². The van der Waals surface area contributed by atoms with Gasteiger partial charge in [-0.05, 0) is 36.8 Å². The largest absolute Gasteiger partial charge is 0.342 e. The number of amides is 1. The van der Waals surface area contributed by atoms with Crippen molar-refractivity contribution in [2.24, 2.45) is 13.0 Å². The summed E-state index contributed by atoms with van der Waals surface area (Å²) >= 11 is 1.67. The van der Waals surface area contributed by atoms with E-state index in [1.807, 2.05) is 36.4 Å². The molecule has 0 bridgehead atoms. The minimum atomic E-state index is -0.156. The number of hydrogen-bond donors (Lipinski definition) is 0. The molecule has 1 aliphatic heterocycles. The quantitative estimate of drug-likeness (QED) is 0.610. The molecule has 1 atom stereocenters. The Morgan fingerprint density at radius 3 is 2.92 bits per heavy atom. The van der Waals surface area contributed by atoms with Crippen LogP contribution in [0.1, 0.15) is 29.0 Å². The van der Waals surface area contributed by atoms with E-state index in [-0.39, 0.29) is 17.6 Å². The summed E-state index contributed by atoms with van der Waals surface area (Å²) in [7, 11) is 1.82. The fourth-order valence-corrected chi connectivity index (χ4v) is 3.76. The maximum Gasteiger partial charge on any atom is 0.227 e. The third-order valence-corrected chi connectivity index (χ3v) is 5.40. The van der Waals surface area contributed by atoms with E-state index in [0.29, 0.717) is 18.8 Å². The molecule has 1 aliphatic rings. The second kappa shape index (κ2) is 7.87. The molecule has 1 amide bonds. The topological polar surface area (TPSA) is 55.2 Å². The molecule has 132 valence electrons. The smallest absolute Gasteiger partial charge is 0.227 e. The Morgan fingerprint density at radius 2 is 2.20 bits per heavy atom. The van der Waals surface area contributed by atoms with Gasteiger partial charge in [0.05, 0.1) is 6.42 Å². The number of ketones is 1. The standard InChI is InChI=1S/C19H23N3O2S/c1-21-10-8-20-19(21)18(24)15-6-4-9-22(13-15)17(23)12-14-5-3-7-16(11-14)25-2/h3,5,7-8,10-11,15H,4,6,9,12-13H2,1-2H3/t15-/m1/s1. The highest BCUT2D eigenvalue weighted by Gasteiger charge is 2.30. The van der Waals surface area contributed by atoms with Crippen LogP contribution < -0.4 is 0 Å². The van der Waals surface area contributed by atoms with Crippen molar-refractivity contribution in [3.8, 4) is 0 Å². The number of rotatable bonds is 5. The van der Waals surface area contributed by atoms with Crippen LogP contribution in [0, 0.1) is 5.92 Å². The Bertz CT molecular complexity index is 772. The number of aryl methyl sites for hydroxylation is 1. The molecule has 0 saturated carbocycles. The lowest BCUT2D eigenvalue weighted by Crippen LogP contribution is -2.43. The molecule has 2 aromatic rings. The van der Waals surface area contributed by atoms with Crippen LogP contribution in [0.25, 0.3) is 0 Å². The molecular weight excluding hydrogens is 334 g/mol. The van der Waals surface area contributed by atoms with E-state index >= 15 is 0 Å². The van der Waals surface area contributed by atoms with Gasteiger partial charge >= 0.3 is 0 Å². The number of Topliss-reactive ketones (excluding diaryl/α,β-unsaturated/α-hetero) is 1. The SMILES string of the molecule is CSc1cccc(CC(=O)N2CCC[C@@H](C(=O)c3nccn3C)C2)c1. The normalized spacial score (nSPS) is 17.5. The Labute approximate surface area is 152 Å². The number of nitrogens with zero attached hydrogens (tertiary/aromatic N) is 3. The molecule has 6 heteroatoms. The molecule has 1 saturated heterocycles. The Balaban J connectivity index is 1.65. The number of aromatic nitrogens is 2. The van der Waals surface area contributed by atoms with Crippen LogP contribution >= 0.6 is 11.8 Å². The van der Waals surface area contributed by atoms with Gasteiger partial charge in [0.2, 0.25) is 11.7 Å². The zero-order valence-corrected chi connectivity index (χ0v) is 15.5. The number of thioether (sulfide) groups is 1. The van der Waals surface area contributed by atoms with Crippen molar-refractivity contribution in [1.82, 2.24) is 14.5 Å². The average Bonchev–Trinajstić information content (AvgIpc) is 3.07. The predicted octanol–water partition coefficient (Wildman–Crippen LogP) is 2.81. The first-order valence-electron chi connectivity index (χ1n) is 8.50. The van der Waals surface area contributed by atoms with Crippen molar-refractivity contribution < 1.29 is 9.59 Å². The van der Waals surface area contributed by atoms with Gasteiger partial charge in [-0.1, -0.05) is 12.1 Å². The molecule has 0 unspecified atom stereocenters. The van der Waals surface area contributed by atoms with Crippen molar-refractivity contribution in [1.29, 1.82) is 0 Å². The number of benzene rings is 1. The first kappa shape index (κ1) is 17.7. The van der Waals surface area contributed by atoms with Gasteiger partial charge in [-0.3, -0.25) is 9.59 Å². The Morgan fingerprint density at radius 1 is 1.36 bits per heavy atom. The van der Waals surface area contributed by atoms with Crippen LogP contribution in [-0.2, 0) is 18.3 Å². The van der Waals surface area contributed by atoms with Gasteiger partial charge in [-0.25, -0.2) is 4.98 Å². The third kappa shape index (κ3) is 4.12. The van der Waals surface area contributed by atoms with Crippen molar-refractivity contribution in [3.05, 3.63) is 48.0 Å². The van der Waals surface area contributed by atoms with E-state index in [1.165, 1.54) is 0 Å². The summed E-state index contributed by atoms with van der Waals surface area (Å²) in [6.07, 6.45) is 7.50. The zero-order valence-electron chi connectivity index (χ0n) is 14.6. The lowest BCUT2D eigenvalue weighted by molar-refractivity contribution is -0.131. The summed E-state index contributed by atoms with van der Waals surface area (Å²) in [6, 6.07) is 8.07. The number of hydrogen-bond acceptors (Lipinski definition) is 4. The molecular formula is C19H23N3O2S. The highest BCUT2D eigenvalue weighted by Crippen LogP contribution is 2.22. The first-order chi connectivity index (χ1) is 12.1. The molecule has 0 radical (unpaired) electrons. The number of likely N-dealkylation sites (tertiary alicyclic amines) is 1. The van der Waals surface area contributed by atoms with Gasteiger partial charge in [0.1, 0.15) is 0 Å². The number of piperidine rings is 1. The van der Waals surface area contributed by atoms with Crippen LogP contribution in [0.5, 0.6) is 0 Å². The second-order valence-electron chi connectivity index (χ2n) is 6.43. The fourth-order valence-electron chi connectivity index (χ4n) is 3.27. The minimum absolute atomic E-state index is 0.0365. The molecule has 25 heavy (non-hydrogen) atoms. The van der Waals surface area contributed by atoms with E-state index in [0.717, 1.165) is 29.8 Å². The van der Waals surface area contributed by atoms with Gasteiger partial charge < -0.3 is 9.47 Å². The molecule has 2 heterocycles. The second-order valence-corrected chi connectivity index (χ2v) is 7.31. The van der Waals surface area contributed by atoms with Crippen LogP contribution in [0.15, 0.2) is 41.6 Å².